The number of rotatable bonds is 5. The van der Waals surface area contributed by atoms with Gasteiger partial charge < -0.3 is 0 Å². The summed E-state index contributed by atoms with van der Waals surface area (Å²) in [5.74, 6) is 1.54. The Morgan fingerprint density at radius 1 is 1.12 bits per heavy atom. The lowest BCUT2D eigenvalue weighted by molar-refractivity contribution is 0.404. The molecule has 2 unspecified atom stereocenters. The fraction of sp³-hybridized carbons (Fsp3) is 0.533. The van der Waals surface area contributed by atoms with Crippen LogP contribution >= 0.6 is 0 Å². The summed E-state index contributed by atoms with van der Waals surface area (Å²) in [6, 6.07) is 10.1. The van der Waals surface area contributed by atoms with Crippen molar-refractivity contribution in [3.8, 4) is 6.07 Å². The Labute approximate surface area is 99.1 Å². The van der Waals surface area contributed by atoms with E-state index in [-0.39, 0.29) is 0 Å². The van der Waals surface area contributed by atoms with E-state index in [0.29, 0.717) is 0 Å². The monoisotopic (exact) mass is 215 g/mol. The molecule has 16 heavy (non-hydrogen) atoms. The van der Waals surface area contributed by atoms with E-state index >= 15 is 0 Å². The molecule has 1 aromatic carbocycles. The fourth-order valence-electron chi connectivity index (χ4n) is 2.05. The lowest BCUT2D eigenvalue weighted by Gasteiger charge is -2.15. The number of nitrogens with zero attached hydrogens (tertiary/aromatic N) is 1. The summed E-state index contributed by atoms with van der Waals surface area (Å²) in [6.07, 6.45) is 3.67. The molecule has 0 bridgehead atoms. The number of hydrogen-bond donors (Lipinski definition) is 0. The summed E-state index contributed by atoms with van der Waals surface area (Å²) in [4.78, 5) is 0. The summed E-state index contributed by atoms with van der Waals surface area (Å²) >= 11 is 0. The molecule has 0 radical (unpaired) electrons. The molecule has 1 heteroatoms. The predicted molar refractivity (Wildman–Crippen MR) is 68.1 cm³/mol. The minimum absolute atomic E-state index is 0.725. The van der Waals surface area contributed by atoms with Gasteiger partial charge in [-0.3, -0.25) is 0 Å². The first-order chi connectivity index (χ1) is 7.65. The molecule has 0 saturated heterocycles. The molecule has 0 fully saturated rings. The maximum absolute atomic E-state index is 8.71. The Morgan fingerprint density at radius 2 is 1.75 bits per heavy atom. The van der Waals surface area contributed by atoms with Gasteiger partial charge in [0.05, 0.1) is 11.6 Å². The van der Waals surface area contributed by atoms with Crippen LogP contribution in [-0.4, -0.2) is 0 Å². The molecule has 0 aliphatic heterocycles. The largest absolute Gasteiger partial charge is 0.192 e. The molecule has 0 spiro atoms. The molecule has 2 atom stereocenters. The average Bonchev–Trinajstić information content (AvgIpc) is 2.29. The van der Waals surface area contributed by atoms with Crippen molar-refractivity contribution in [3.63, 3.8) is 0 Å². The molecular formula is C15H21N. The third kappa shape index (κ3) is 4.06. The van der Waals surface area contributed by atoms with Crippen molar-refractivity contribution >= 4 is 0 Å². The molecule has 86 valence electrons. The molecular weight excluding hydrogens is 194 g/mol. The fourth-order valence-corrected chi connectivity index (χ4v) is 2.05. The van der Waals surface area contributed by atoms with E-state index in [4.69, 9.17) is 5.26 Å². The summed E-state index contributed by atoms with van der Waals surface area (Å²) in [5.41, 5.74) is 2.09. The zero-order chi connectivity index (χ0) is 12.0. The van der Waals surface area contributed by atoms with Crippen LogP contribution in [0.5, 0.6) is 0 Å². The van der Waals surface area contributed by atoms with Crippen molar-refractivity contribution < 1.29 is 0 Å². The first-order valence-electron chi connectivity index (χ1n) is 6.14. The van der Waals surface area contributed by atoms with Gasteiger partial charge in [0, 0.05) is 0 Å². The maximum atomic E-state index is 8.71. The van der Waals surface area contributed by atoms with E-state index in [1.54, 1.807) is 0 Å². The van der Waals surface area contributed by atoms with Crippen molar-refractivity contribution in [2.24, 2.45) is 11.8 Å². The second-order valence-electron chi connectivity index (χ2n) is 4.87. The second kappa shape index (κ2) is 6.33. The van der Waals surface area contributed by atoms with Gasteiger partial charge in [0.1, 0.15) is 0 Å². The van der Waals surface area contributed by atoms with Gasteiger partial charge in [-0.1, -0.05) is 39.3 Å². The Hall–Kier alpha value is -1.29. The highest BCUT2D eigenvalue weighted by Gasteiger charge is 2.08. The highest BCUT2D eigenvalue weighted by atomic mass is 14.2. The molecule has 0 amide bonds. The Bertz CT molecular complexity index is 345. The average molecular weight is 215 g/mol. The molecule has 1 aromatic rings. The van der Waals surface area contributed by atoms with E-state index < -0.39 is 0 Å². The van der Waals surface area contributed by atoms with Crippen LogP contribution in [0.15, 0.2) is 24.3 Å². The van der Waals surface area contributed by atoms with Crippen molar-refractivity contribution in [3.05, 3.63) is 35.4 Å². The van der Waals surface area contributed by atoms with Gasteiger partial charge >= 0.3 is 0 Å². The van der Waals surface area contributed by atoms with E-state index in [1.165, 1.54) is 18.4 Å². The van der Waals surface area contributed by atoms with Crippen molar-refractivity contribution in [1.29, 1.82) is 5.26 Å². The van der Waals surface area contributed by atoms with Crippen LogP contribution < -0.4 is 0 Å². The van der Waals surface area contributed by atoms with Gasteiger partial charge in [0.15, 0.2) is 0 Å². The van der Waals surface area contributed by atoms with E-state index in [2.05, 4.69) is 39.0 Å². The number of hydrogen-bond acceptors (Lipinski definition) is 1. The predicted octanol–water partition coefficient (Wildman–Crippen LogP) is 4.17. The van der Waals surface area contributed by atoms with E-state index in [9.17, 15) is 0 Å². The molecule has 1 rings (SSSR count). The summed E-state index contributed by atoms with van der Waals surface area (Å²) < 4.78 is 0. The second-order valence-corrected chi connectivity index (χ2v) is 4.87. The zero-order valence-electron chi connectivity index (χ0n) is 10.5. The van der Waals surface area contributed by atoms with Crippen LogP contribution in [0.25, 0.3) is 0 Å². The zero-order valence-corrected chi connectivity index (χ0v) is 10.5. The lowest BCUT2D eigenvalue weighted by Crippen LogP contribution is -2.05. The van der Waals surface area contributed by atoms with Gasteiger partial charge in [0.25, 0.3) is 0 Å². The normalized spacial score (nSPS) is 14.1. The molecule has 0 aliphatic rings. The topological polar surface area (TPSA) is 23.8 Å². The molecule has 0 N–H and O–H groups in total. The Kier molecular flexibility index (Phi) is 5.05. The third-order valence-electron chi connectivity index (χ3n) is 3.17. The smallest absolute Gasteiger partial charge is 0.0991 e. The van der Waals surface area contributed by atoms with E-state index in [0.717, 1.165) is 23.8 Å². The minimum Gasteiger partial charge on any atom is -0.192 e. The van der Waals surface area contributed by atoms with Crippen LogP contribution in [0, 0.1) is 23.2 Å². The van der Waals surface area contributed by atoms with Gasteiger partial charge in [0.2, 0.25) is 0 Å². The SMILES string of the molecule is CCC(C)CC(C)Cc1ccc(C#N)cc1. The van der Waals surface area contributed by atoms with Crippen LogP contribution in [-0.2, 0) is 6.42 Å². The molecule has 0 saturated carbocycles. The molecule has 0 aliphatic carbocycles. The van der Waals surface area contributed by atoms with Crippen LogP contribution in [0.2, 0.25) is 0 Å². The number of benzene rings is 1. The van der Waals surface area contributed by atoms with Crippen LogP contribution in [0.3, 0.4) is 0 Å². The van der Waals surface area contributed by atoms with Crippen LogP contribution in [0.1, 0.15) is 44.7 Å². The standard InChI is InChI=1S/C15H21N/c1-4-12(2)9-13(3)10-14-5-7-15(11-16)8-6-14/h5-8,12-13H,4,9-10H2,1-3H3. The third-order valence-corrected chi connectivity index (χ3v) is 3.17. The van der Waals surface area contributed by atoms with Crippen LogP contribution in [0.4, 0.5) is 0 Å². The van der Waals surface area contributed by atoms with Crippen molar-refractivity contribution in [2.45, 2.75) is 40.0 Å². The highest BCUT2D eigenvalue weighted by molar-refractivity contribution is 5.31. The van der Waals surface area contributed by atoms with Gasteiger partial charge in [-0.2, -0.15) is 5.26 Å². The van der Waals surface area contributed by atoms with Gasteiger partial charge in [-0.15, -0.1) is 0 Å². The quantitative estimate of drug-likeness (QED) is 0.723. The van der Waals surface area contributed by atoms with Crippen molar-refractivity contribution in [1.82, 2.24) is 0 Å². The van der Waals surface area contributed by atoms with Crippen molar-refractivity contribution in [2.75, 3.05) is 0 Å². The highest BCUT2D eigenvalue weighted by Crippen LogP contribution is 2.19. The maximum Gasteiger partial charge on any atom is 0.0991 e. The van der Waals surface area contributed by atoms with Gasteiger partial charge in [-0.25, -0.2) is 0 Å². The Balaban J connectivity index is 2.50. The Morgan fingerprint density at radius 3 is 2.25 bits per heavy atom. The summed E-state index contributed by atoms with van der Waals surface area (Å²) in [7, 11) is 0. The first-order valence-corrected chi connectivity index (χ1v) is 6.14. The first kappa shape index (κ1) is 12.8. The van der Waals surface area contributed by atoms with Gasteiger partial charge in [-0.05, 0) is 42.4 Å². The molecule has 1 nitrogen and oxygen atoms in total. The minimum atomic E-state index is 0.725. The van der Waals surface area contributed by atoms with E-state index in [1.807, 2.05) is 12.1 Å². The molecule has 0 heterocycles. The number of nitriles is 1. The molecule has 0 aromatic heterocycles. The summed E-state index contributed by atoms with van der Waals surface area (Å²) in [6.45, 7) is 6.87. The lowest BCUT2D eigenvalue weighted by atomic mass is 9.90. The summed E-state index contributed by atoms with van der Waals surface area (Å²) in [5, 5.41) is 8.71.